The Morgan fingerprint density at radius 1 is 0.594 bits per heavy atom. The highest BCUT2D eigenvalue weighted by Crippen LogP contribution is 2.35. The first-order chi connectivity index (χ1) is 30.7. The molecule has 64 heavy (non-hydrogen) atoms. The molecule has 0 bridgehead atoms. The number of halogens is 2. The zero-order valence-electron chi connectivity index (χ0n) is 35.9. The molecule has 4 aromatic rings. The zero-order valence-corrected chi connectivity index (χ0v) is 35.9. The van der Waals surface area contributed by atoms with Gasteiger partial charge in [-0.15, -0.1) is 0 Å². The number of Topliss-reactive ketones (excluding diaryl/α,β-unsaturated/α-hetero) is 1. The van der Waals surface area contributed by atoms with E-state index in [1.54, 1.807) is 60.0 Å². The molecule has 0 radical (unpaired) electrons. The largest absolute Gasteiger partial charge is 0.384 e. The SMILES string of the molecule is CC(C(=O)C(C)c1ccc(N2CCN(C(=O)c3cc([N+](=O)[O-])ccc3NCC3CC3)CC2)c(F)c1)c1ccc(N2CCN(C(=O)c3cc([N+](=O)[O-])ccc3NCC3CC3)CC2)c(F)c1. The molecule has 2 aliphatic carbocycles. The number of hydrogen-bond donors (Lipinski definition) is 2. The fourth-order valence-corrected chi connectivity index (χ4v) is 8.55. The summed E-state index contributed by atoms with van der Waals surface area (Å²) in [5, 5.41) is 29.6. The van der Waals surface area contributed by atoms with Crippen LogP contribution in [-0.4, -0.2) is 103 Å². The van der Waals surface area contributed by atoms with Crippen LogP contribution < -0.4 is 20.4 Å². The predicted octanol–water partition coefficient (Wildman–Crippen LogP) is 7.83. The molecule has 336 valence electrons. The van der Waals surface area contributed by atoms with Crippen LogP contribution in [0.5, 0.6) is 0 Å². The first kappa shape index (κ1) is 44.0. The monoisotopic (exact) mass is 878 g/mol. The van der Waals surface area contributed by atoms with Crippen molar-refractivity contribution >= 4 is 51.7 Å². The van der Waals surface area contributed by atoms with Crippen molar-refractivity contribution in [1.29, 1.82) is 0 Å². The van der Waals surface area contributed by atoms with Gasteiger partial charge in [0, 0.05) is 113 Å². The number of piperazine rings is 2. The van der Waals surface area contributed by atoms with Gasteiger partial charge in [0.1, 0.15) is 17.4 Å². The van der Waals surface area contributed by atoms with Crippen LogP contribution in [0.2, 0.25) is 0 Å². The van der Waals surface area contributed by atoms with E-state index in [2.05, 4.69) is 10.6 Å². The van der Waals surface area contributed by atoms with E-state index in [0.29, 0.717) is 85.0 Å². The number of nitro benzene ring substituents is 2. The summed E-state index contributed by atoms with van der Waals surface area (Å²) in [5.74, 6) is -2.22. The Kier molecular flexibility index (Phi) is 12.8. The minimum absolute atomic E-state index is 0.167. The summed E-state index contributed by atoms with van der Waals surface area (Å²) < 4.78 is 31.5. The third-order valence-corrected chi connectivity index (χ3v) is 13.1. The van der Waals surface area contributed by atoms with Crippen LogP contribution >= 0.6 is 0 Å². The lowest BCUT2D eigenvalue weighted by atomic mass is 9.85. The smallest absolute Gasteiger partial charge is 0.270 e. The number of nitrogens with one attached hydrogen (secondary N) is 2. The Labute approximate surface area is 369 Å². The number of rotatable bonds is 16. The second kappa shape index (κ2) is 18.6. The van der Waals surface area contributed by atoms with E-state index >= 15 is 8.78 Å². The number of nitro groups is 2. The molecule has 2 N–H and O–H groups in total. The lowest BCUT2D eigenvalue weighted by Crippen LogP contribution is -2.49. The fraction of sp³-hybridized carbons (Fsp3) is 0.426. The molecular formula is C47H52F2N8O7. The van der Waals surface area contributed by atoms with Gasteiger partial charge in [-0.25, -0.2) is 8.78 Å². The number of carbonyl (C=O) groups is 3. The summed E-state index contributed by atoms with van der Waals surface area (Å²) in [6.07, 6.45) is 4.43. The fourth-order valence-electron chi connectivity index (χ4n) is 8.55. The number of non-ortho nitro benzene ring substituents is 2. The second-order valence-electron chi connectivity index (χ2n) is 17.4. The Morgan fingerprint density at radius 2 is 0.969 bits per heavy atom. The van der Waals surface area contributed by atoms with Gasteiger partial charge < -0.3 is 30.2 Å². The van der Waals surface area contributed by atoms with Crippen LogP contribution in [0.25, 0.3) is 0 Å². The van der Waals surface area contributed by atoms with Gasteiger partial charge in [0.2, 0.25) is 0 Å². The van der Waals surface area contributed by atoms with Crippen LogP contribution in [0.3, 0.4) is 0 Å². The van der Waals surface area contributed by atoms with Crippen molar-refractivity contribution < 1.29 is 33.0 Å². The number of carbonyl (C=O) groups excluding carboxylic acids is 3. The average molecular weight is 879 g/mol. The lowest BCUT2D eigenvalue weighted by Gasteiger charge is -2.36. The Hall–Kier alpha value is -6.65. The van der Waals surface area contributed by atoms with Gasteiger partial charge in [-0.05, 0) is 85.0 Å². The van der Waals surface area contributed by atoms with E-state index in [9.17, 15) is 34.6 Å². The van der Waals surface area contributed by atoms with Crippen molar-refractivity contribution in [3.63, 3.8) is 0 Å². The summed E-state index contributed by atoms with van der Waals surface area (Å²) in [5.41, 5.74) is 2.88. The van der Waals surface area contributed by atoms with Crippen molar-refractivity contribution in [2.24, 2.45) is 11.8 Å². The standard InChI is InChI=1S/C47H52F2N8O7/c1-29(33-7-13-43(39(48)23-33)52-15-19-54(20-16-52)46(59)37-25-35(56(61)62)9-11-41(37)50-27-31-3-4-31)45(58)30(2)34-8-14-44(40(49)24-34)53-17-21-55(22-18-53)47(60)38-26-36(57(63)64)10-12-42(38)51-28-32-5-6-32/h7-14,23-26,29-32,50-51H,3-6,15-22,27-28H2,1-2H3. The molecule has 4 aromatic carbocycles. The average Bonchev–Trinajstić information content (AvgIpc) is 4.26. The number of nitrogens with zero attached hydrogens (tertiary/aromatic N) is 6. The highest BCUT2D eigenvalue weighted by molar-refractivity contribution is 6.01. The highest BCUT2D eigenvalue weighted by Gasteiger charge is 2.31. The van der Waals surface area contributed by atoms with Gasteiger partial charge in [0.25, 0.3) is 23.2 Å². The van der Waals surface area contributed by atoms with Crippen molar-refractivity contribution in [1.82, 2.24) is 9.80 Å². The molecule has 8 rings (SSSR count). The first-order valence-electron chi connectivity index (χ1n) is 22.0. The Balaban J connectivity index is 0.856. The van der Waals surface area contributed by atoms with Crippen LogP contribution in [-0.2, 0) is 4.79 Å². The molecule has 2 saturated carbocycles. The van der Waals surface area contributed by atoms with Gasteiger partial charge in [-0.2, -0.15) is 0 Å². The molecule has 2 atom stereocenters. The van der Waals surface area contributed by atoms with E-state index in [0.717, 1.165) is 25.7 Å². The van der Waals surface area contributed by atoms with E-state index in [4.69, 9.17) is 0 Å². The molecule has 0 aromatic heterocycles. The van der Waals surface area contributed by atoms with E-state index in [1.807, 2.05) is 9.80 Å². The first-order valence-corrected chi connectivity index (χ1v) is 22.0. The molecule has 2 heterocycles. The molecule has 2 aliphatic heterocycles. The number of anilines is 4. The zero-order chi connectivity index (χ0) is 45.2. The Bertz CT molecular complexity index is 2300. The predicted molar refractivity (Wildman–Crippen MR) is 239 cm³/mol. The number of amides is 2. The highest BCUT2D eigenvalue weighted by atomic mass is 19.1. The molecular weight excluding hydrogens is 827 g/mol. The number of hydrogen-bond acceptors (Lipinski definition) is 11. The summed E-state index contributed by atoms with van der Waals surface area (Å²) in [6, 6.07) is 17.9. The van der Waals surface area contributed by atoms with Gasteiger partial charge in [-0.1, -0.05) is 26.0 Å². The van der Waals surface area contributed by atoms with Crippen molar-refractivity contribution in [2.45, 2.75) is 51.4 Å². The maximum atomic E-state index is 15.8. The molecule has 17 heteroatoms. The quantitative estimate of drug-likeness (QED) is 0.0830. The summed E-state index contributed by atoms with van der Waals surface area (Å²) in [7, 11) is 0. The third kappa shape index (κ3) is 9.77. The maximum Gasteiger partial charge on any atom is 0.270 e. The minimum atomic E-state index is -0.700. The van der Waals surface area contributed by atoms with E-state index in [1.165, 1.54) is 36.4 Å². The number of benzene rings is 4. The van der Waals surface area contributed by atoms with Crippen molar-refractivity contribution in [3.8, 4) is 0 Å². The van der Waals surface area contributed by atoms with Gasteiger partial charge in [0.15, 0.2) is 0 Å². The maximum absolute atomic E-state index is 15.8. The second-order valence-corrected chi connectivity index (χ2v) is 17.4. The minimum Gasteiger partial charge on any atom is -0.384 e. The molecule has 0 spiro atoms. The van der Waals surface area contributed by atoms with Crippen LogP contribution in [0.4, 0.5) is 42.9 Å². The molecule has 15 nitrogen and oxygen atoms in total. The Morgan fingerprint density at radius 3 is 1.30 bits per heavy atom. The molecule has 2 amide bonds. The van der Waals surface area contributed by atoms with Gasteiger partial charge >= 0.3 is 0 Å². The summed E-state index contributed by atoms with van der Waals surface area (Å²) in [4.78, 5) is 69.9. The molecule has 4 fully saturated rings. The molecule has 2 unspecified atom stereocenters. The van der Waals surface area contributed by atoms with E-state index in [-0.39, 0.29) is 66.3 Å². The van der Waals surface area contributed by atoms with Crippen molar-refractivity contribution in [3.05, 3.63) is 127 Å². The summed E-state index contributed by atoms with van der Waals surface area (Å²) >= 11 is 0. The van der Waals surface area contributed by atoms with Crippen LogP contribution in [0.1, 0.15) is 83.2 Å². The normalized spacial score (nSPS) is 17.4. The van der Waals surface area contributed by atoms with Gasteiger partial charge in [0.05, 0.1) is 32.3 Å². The third-order valence-electron chi connectivity index (χ3n) is 13.1. The van der Waals surface area contributed by atoms with E-state index < -0.39 is 33.3 Å². The number of ketones is 1. The summed E-state index contributed by atoms with van der Waals surface area (Å²) in [6.45, 7) is 7.25. The lowest BCUT2D eigenvalue weighted by molar-refractivity contribution is -0.385. The van der Waals surface area contributed by atoms with Crippen molar-refractivity contribution in [2.75, 3.05) is 85.9 Å². The van der Waals surface area contributed by atoms with Gasteiger partial charge in [-0.3, -0.25) is 34.6 Å². The van der Waals surface area contributed by atoms with Crippen LogP contribution in [0.15, 0.2) is 72.8 Å². The van der Waals surface area contributed by atoms with Crippen LogP contribution in [0, 0.1) is 43.7 Å². The molecule has 2 saturated heterocycles. The molecule has 4 aliphatic rings. The topological polar surface area (TPSA) is 175 Å².